The van der Waals surface area contributed by atoms with Crippen LogP contribution in [0.25, 0.3) is 0 Å². The number of rotatable bonds is 6. The SMILES string of the molecule is Cc1ccc(C(C)C)c(OCC(=O)Nc2ccccc2N2CCN(C)CC2)c1. The Morgan fingerprint density at radius 3 is 2.54 bits per heavy atom. The molecule has 5 nitrogen and oxygen atoms in total. The second-order valence-electron chi connectivity index (χ2n) is 7.84. The van der Waals surface area contributed by atoms with Gasteiger partial charge in [-0.15, -0.1) is 0 Å². The van der Waals surface area contributed by atoms with Gasteiger partial charge in [-0.1, -0.05) is 38.1 Å². The van der Waals surface area contributed by atoms with Gasteiger partial charge < -0.3 is 19.9 Å². The van der Waals surface area contributed by atoms with Crippen LogP contribution in [-0.2, 0) is 4.79 Å². The summed E-state index contributed by atoms with van der Waals surface area (Å²) in [4.78, 5) is 17.2. The summed E-state index contributed by atoms with van der Waals surface area (Å²) < 4.78 is 5.88. The summed E-state index contributed by atoms with van der Waals surface area (Å²) in [5.41, 5.74) is 4.16. The number of nitrogens with zero attached hydrogens (tertiary/aromatic N) is 2. The molecule has 1 fully saturated rings. The van der Waals surface area contributed by atoms with Crippen molar-refractivity contribution in [2.75, 3.05) is 50.1 Å². The van der Waals surface area contributed by atoms with Crippen molar-refractivity contribution in [3.05, 3.63) is 53.6 Å². The van der Waals surface area contributed by atoms with E-state index in [0.29, 0.717) is 5.92 Å². The number of likely N-dealkylation sites (N-methyl/N-ethyl adjacent to an activating group) is 1. The topological polar surface area (TPSA) is 44.8 Å². The first-order valence-electron chi connectivity index (χ1n) is 9.99. The van der Waals surface area contributed by atoms with Crippen molar-refractivity contribution in [1.29, 1.82) is 0 Å². The van der Waals surface area contributed by atoms with Gasteiger partial charge in [0.05, 0.1) is 11.4 Å². The Morgan fingerprint density at radius 1 is 1.11 bits per heavy atom. The van der Waals surface area contributed by atoms with Crippen molar-refractivity contribution >= 4 is 17.3 Å². The first-order valence-corrected chi connectivity index (χ1v) is 9.99. The summed E-state index contributed by atoms with van der Waals surface area (Å²) in [6.07, 6.45) is 0. The fourth-order valence-corrected chi connectivity index (χ4v) is 3.48. The number of piperazine rings is 1. The zero-order chi connectivity index (χ0) is 20.1. The van der Waals surface area contributed by atoms with E-state index < -0.39 is 0 Å². The lowest BCUT2D eigenvalue weighted by Gasteiger charge is -2.35. The molecule has 28 heavy (non-hydrogen) atoms. The molecule has 1 saturated heterocycles. The summed E-state index contributed by atoms with van der Waals surface area (Å²) >= 11 is 0. The number of hydrogen-bond donors (Lipinski definition) is 1. The molecule has 1 amide bonds. The molecule has 3 rings (SSSR count). The number of carbonyl (C=O) groups excluding carboxylic acids is 1. The minimum absolute atomic E-state index is 0.000243. The number of nitrogens with one attached hydrogen (secondary N) is 1. The molecule has 1 heterocycles. The van der Waals surface area contributed by atoms with E-state index in [1.54, 1.807) is 0 Å². The number of aryl methyl sites for hydroxylation is 1. The molecular formula is C23H31N3O2. The lowest BCUT2D eigenvalue weighted by atomic mass is 10.0. The Balaban J connectivity index is 1.66. The van der Waals surface area contributed by atoms with Crippen LogP contribution in [0.3, 0.4) is 0 Å². The van der Waals surface area contributed by atoms with Gasteiger partial charge in [-0.05, 0) is 49.2 Å². The molecule has 0 aliphatic carbocycles. The molecule has 1 N–H and O–H groups in total. The Bertz CT molecular complexity index is 811. The standard InChI is InChI=1S/C23H31N3O2/c1-17(2)19-10-9-18(3)15-22(19)28-16-23(27)24-20-7-5-6-8-21(20)26-13-11-25(4)12-14-26/h5-10,15,17H,11-14,16H2,1-4H3,(H,24,27). The van der Waals surface area contributed by atoms with Gasteiger partial charge in [0.25, 0.3) is 5.91 Å². The van der Waals surface area contributed by atoms with Crippen LogP contribution >= 0.6 is 0 Å². The quantitative estimate of drug-likeness (QED) is 0.825. The minimum atomic E-state index is -0.141. The molecule has 0 unspecified atom stereocenters. The molecular weight excluding hydrogens is 350 g/mol. The second kappa shape index (κ2) is 9.11. The summed E-state index contributed by atoms with van der Waals surface area (Å²) in [5.74, 6) is 0.993. The second-order valence-corrected chi connectivity index (χ2v) is 7.84. The Morgan fingerprint density at radius 2 is 1.82 bits per heavy atom. The average Bonchev–Trinajstić information content (AvgIpc) is 2.67. The number of amides is 1. The van der Waals surface area contributed by atoms with Crippen molar-refractivity contribution < 1.29 is 9.53 Å². The summed E-state index contributed by atoms with van der Waals surface area (Å²) in [7, 11) is 2.14. The Kier molecular flexibility index (Phi) is 6.57. The monoisotopic (exact) mass is 381 g/mol. The maximum atomic E-state index is 12.6. The van der Waals surface area contributed by atoms with Gasteiger partial charge in [-0.2, -0.15) is 0 Å². The normalized spacial score (nSPS) is 15.0. The van der Waals surface area contributed by atoms with Crippen molar-refractivity contribution in [2.24, 2.45) is 0 Å². The number of anilines is 2. The van der Waals surface area contributed by atoms with Gasteiger partial charge in [0.15, 0.2) is 6.61 Å². The van der Waals surface area contributed by atoms with Crippen molar-refractivity contribution in [3.8, 4) is 5.75 Å². The molecule has 2 aromatic rings. The van der Waals surface area contributed by atoms with Gasteiger partial charge in [0.1, 0.15) is 5.75 Å². The molecule has 0 aromatic heterocycles. The molecule has 0 bridgehead atoms. The fraction of sp³-hybridized carbons (Fsp3) is 0.435. The zero-order valence-electron chi connectivity index (χ0n) is 17.4. The van der Waals surface area contributed by atoms with Gasteiger partial charge in [0.2, 0.25) is 0 Å². The van der Waals surface area contributed by atoms with Crippen LogP contribution in [0.5, 0.6) is 5.75 Å². The van der Waals surface area contributed by atoms with E-state index in [1.165, 1.54) is 0 Å². The Hall–Kier alpha value is -2.53. The third kappa shape index (κ3) is 5.04. The predicted molar refractivity (Wildman–Crippen MR) is 116 cm³/mol. The van der Waals surface area contributed by atoms with Gasteiger partial charge in [-0.3, -0.25) is 4.79 Å². The first kappa shape index (κ1) is 20.2. The molecule has 0 radical (unpaired) electrons. The van der Waals surface area contributed by atoms with E-state index >= 15 is 0 Å². The number of para-hydroxylation sites is 2. The third-order valence-corrected chi connectivity index (χ3v) is 5.17. The first-order chi connectivity index (χ1) is 13.4. The van der Waals surface area contributed by atoms with Gasteiger partial charge in [0, 0.05) is 26.2 Å². The lowest BCUT2D eigenvalue weighted by Crippen LogP contribution is -2.44. The molecule has 150 valence electrons. The Labute approximate surface area is 168 Å². The van der Waals surface area contributed by atoms with Gasteiger partial charge in [-0.25, -0.2) is 0 Å². The van der Waals surface area contributed by atoms with Crippen molar-refractivity contribution in [2.45, 2.75) is 26.7 Å². The summed E-state index contributed by atoms with van der Waals surface area (Å²) in [5, 5.41) is 3.03. The molecule has 0 saturated carbocycles. The molecule has 5 heteroatoms. The number of benzene rings is 2. The van der Waals surface area contributed by atoms with Crippen LogP contribution in [0.1, 0.15) is 30.9 Å². The summed E-state index contributed by atoms with van der Waals surface area (Å²) in [6.45, 7) is 10.3. The predicted octanol–water partition coefficient (Wildman–Crippen LogP) is 3.89. The molecule has 1 aliphatic heterocycles. The van der Waals surface area contributed by atoms with Gasteiger partial charge >= 0.3 is 0 Å². The van der Waals surface area contributed by atoms with E-state index in [0.717, 1.165) is 54.4 Å². The van der Waals surface area contributed by atoms with Crippen LogP contribution in [-0.4, -0.2) is 50.6 Å². The van der Waals surface area contributed by atoms with Crippen molar-refractivity contribution in [1.82, 2.24) is 4.90 Å². The highest BCUT2D eigenvalue weighted by Crippen LogP contribution is 2.28. The zero-order valence-corrected chi connectivity index (χ0v) is 17.4. The summed E-state index contributed by atoms with van der Waals surface area (Å²) in [6, 6.07) is 14.1. The van der Waals surface area contributed by atoms with Crippen LogP contribution in [0.15, 0.2) is 42.5 Å². The maximum Gasteiger partial charge on any atom is 0.262 e. The molecule has 2 aromatic carbocycles. The molecule has 0 atom stereocenters. The molecule has 1 aliphatic rings. The van der Waals surface area contributed by atoms with E-state index in [2.05, 4.69) is 54.2 Å². The number of ether oxygens (including phenoxy) is 1. The van der Waals surface area contributed by atoms with E-state index in [4.69, 9.17) is 4.74 Å². The van der Waals surface area contributed by atoms with Crippen LogP contribution < -0.4 is 15.0 Å². The number of hydrogen-bond acceptors (Lipinski definition) is 4. The van der Waals surface area contributed by atoms with Crippen molar-refractivity contribution in [3.63, 3.8) is 0 Å². The van der Waals surface area contributed by atoms with E-state index in [-0.39, 0.29) is 12.5 Å². The third-order valence-electron chi connectivity index (χ3n) is 5.17. The average molecular weight is 382 g/mol. The highest BCUT2D eigenvalue weighted by Gasteiger charge is 2.18. The minimum Gasteiger partial charge on any atom is -0.483 e. The number of carbonyl (C=O) groups is 1. The van der Waals surface area contributed by atoms with Crippen LogP contribution in [0.4, 0.5) is 11.4 Å². The highest BCUT2D eigenvalue weighted by molar-refractivity contribution is 5.95. The van der Waals surface area contributed by atoms with Crippen LogP contribution in [0.2, 0.25) is 0 Å². The lowest BCUT2D eigenvalue weighted by molar-refractivity contribution is -0.118. The van der Waals surface area contributed by atoms with Crippen LogP contribution in [0, 0.1) is 6.92 Å². The molecule has 0 spiro atoms. The highest BCUT2D eigenvalue weighted by atomic mass is 16.5. The smallest absolute Gasteiger partial charge is 0.262 e. The van der Waals surface area contributed by atoms with E-state index in [1.807, 2.05) is 31.2 Å². The largest absolute Gasteiger partial charge is 0.483 e. The van der Waals surface area contributed by atoms with E-state index in [9.17, 15) is 4.79 Å². The maximum absolute atomic E-state index is 12.6. The fourth-order valence-electron chi connectivity index (χ4n) is 3.48.